The number of benzene rings is 1. The maximum atomic E-state index is 5.50. The maximum Gasteiger partial charge on any atom is 0.213 e. The van der Waals surface area contributed by atoms with Gasteiger partial charge in [0.15, 0.2) is 0 Å². The number of aromatic nitrogens is 1. The second-order valence-electron chi connectivity index (χ2n) is 3.58. The van der Waals surface area contributed by atoms with Crippen LogP contribution in [0.2, 0.25) is 0 Å². The van der Waals surface area contributed by atoms with Gasteiger partial charge in [0.2, 0.25) is 5.89 Å². The summed E-state index contributed by atoms with van der Waals surface area (Å²) in [6, 6.07) is 8.14. The molecule has 1 heterocycles. The van der Waals surface area contributed by atoms with E-state index in [-0.39, 0.29) is 0 Å². The van der Waals surface area contributed by atoms with Gasteiger partial charge in [-0.15, -0.1) is 0 Å². The van der Waals surface area contributed by atoms with Gasteiger partial charge in [-0.3, -0.25) is 0 Å². The van der Waals surface area contributed by atoms with Crippen LogP contribution in [0.1, 0.15) is 17.3 Å². The molecule has 0 saturated heterocycles. The maximum absolute atomic E-state index is 5.50. The molecule has 0 aliphatic carbocycles. The average molecular weight is 328 g/mol. The molecule has 1 aromatic heterocycles. The Balaban J connectivity index is 2.05. The Morgan fingerprint density at radius 2 is 2.06 bits per heavy atom. The molecule has 1 aromatic carbocycles. The minimum atomic E-state index is 0.620. The number of nitrogens with one attached hydrogen (secondary N) is 1. The van der Waals surface area contributed by atoms with E-state index in [9.17, 15) is 0 Å². The number of halogens is 1. The zero-order valence-corrected chi connectivity index (χ0v) is 11.4. The fourth-order valence-electron chi connectivity index (χ4n) is 1.39. The van der Waals surface area contributed by atoms with Crippen LogP contribution < -0.4 is 5.32 Å². The summed E-state index contributed by atoms with van der Waals surface area (Å²) in [6.07, 6.45) is 0. The van der Waals surface area contributed by atoms with Crippen molar-refractivity contribution < 1.29 is 4.42 Å². The monoisotopic (exact) mass is 328 g/mol. The first kappa shape index (κ1) is 11.4. The van der Waals surface area contributed by atoms with E-state index >= 15 is 0 Å². The van der Waals surface area contributed by atoms with E-state index in [1.165, 1.54) is 3.57 Å². The number of hydrogen-bond acceptors (Lipinski definition) is 3. The molecule has 0 spiro atoms. The lowest BCUT2D eigenvalue weighted by Crippen LogP contribution is -2.01. The normalized spacial score (nSPS) is 10.4. The Labute approximate surface area is 108 Å². The Morgan fingerprint density at radius 1 is 1.31 bits per heavy atom. The third kappa shape index (κ3) is 2.55. The van der Waals surface area contributed by atoms with Crippen LogP contribution in [0.4, 0.5) is 5.69 Å². The highest BCUT2D eigenvalue weighted by Crippen LogP contribution is 2.18. The third-order valence-electron chi connectivity index (χ3n) is 2.38. The summed E-state index contributed by atoms with van der Waals surface area (Å²) < 4.78 is 6.69. The molecule has 3 nitrogen and oxygen atoms in total. The average Bonchev–Trinajstić information content (AvgIpc) is 2.57. The number of oxazole rings is 1. The third-order valence-corrected chi connectivity index (χ3v) is 3.32. The highest BCUT2D eigenvalue weighted by Gasteiger charge is 2.05. The Hall–Kier alpha value is -1.04. The van der Waals surface area contributed by atoms with Crippen molar-refractivity contribution in [3.05, 3.63) is 45.2 Å². The minimum Gasteiger partial charge on any atom is -0.444 e. The zero-order chi connectivity index (χ0) is 11.5. The largest absolute Gasteiger partial charge is 0.444 e. The van der Waals surface area contributed by atoms with E-state index in [0.717, 1.165) is 23.0 Å². The molecule has 0 amide bonds. The summed E-state index contributed by atoms with van der Waals surface area (Å²) in [5.41, 5.74) is 2.07. The van der Waals surface area contributed by atoms with Gasteiger partial charge in [-0.2, -0.15) is 0 Å². The van der Waals surface area contributed by atoms with Crippen molar-refractivity contribution in [1.29, 1.82) is 0 Å². The summed E-state index contributed by atoms with van der Waals surface area (Å²) in [5.74, 6) is 1.62. The predicted octanol–water partition coefficient (Wildman–Crippen LogP) is 3.51. The molecule has 0 aliphatic heterocycles. The Morgan fingerprint density at radius 3 is 2.69 bits per heavy atom. The van der Waals surface area contributed by atoms with Crippen LogP contribution in [0.5, 0.6) is 0 Å². The number of aryl methyl sites for hydroxylation is 2. The van der Waals surface area contributed by atoms with E-state index in [2.05, 4.69) is 39.0 Å². The quantitative estimate of drug-likeness (QED) is 0.877. The summed E-state index contributed by atoms with van der Waals surface area (Å²) >= 11 is 2.30. The molecule has 0 unspecified atom stereocenters. The lowest BCUT2D eigenvalue weighted by molar-refractivity contribution is 0.478. The van der Waals surface area contributed by atoms with Crippen LogP contribution in [0.15, 0.2) is 28.7 Å². The van der Waals surface area contributed by atoms with Crippen LogP contribution >= 0.6 is 22.6 Å². The lowest BCUT2D eigenvalue weighted by Gasteiger charge is -2.05. The number of rotatable bonds is 3. The first-order valence-electron chi connectivity index (χ1n) is 5.08. The number of hydrogen-bond donors (Lipinski definition) is 1. The van der Waals surface area contributed by atoms with Crippen LogP contribution in [-0.2, 0) is 6.54 Å². The second-order valence-corrected chi connectivity index (χ2v) is 4.74. The molecule has 0 saturated carbocycles. The van der Waals surface area contributed by atoms with Crippen molar-refractivity contribution >= 4 is 28.3 Å². The molecule has 1 N–H and O–H groups in total. The molecule has 0 radical (unpaired) electrons. The first-order valence-corrected chi connectivity index (χ1v) is 6.16. The van der Waals surface area contributed by atoms with Crippen molar-refractivity contribution in [2.45, 2.75) is 20.4 Å². The van der Waals surface area contributed by atoms with Crippen LogP contribution in [0, 0.1) is 17.4 Å². The van der Waals surface area contributed by atoms with E-state index < -0.39 is 0 Å². The number of anilines is 1. The van der Waals surface area contributed by atoms with Gasteiger partial charge in [-0.05, 0) is 48.6 Å². The van der Waals surface area contributed by atoms with Crippen molar-refractivity contribution in [3.8, 4) is 0 Å². The smallest absolute Gasteiger partial charge is 0.213 e. The van der Waals surface area contributed by atoms with Crippen LogP contribution in [-0.4, -0.2) is 4.98 Å². The highest BCUT2D eigenvalue weighted by atomic mass is 127. The Kier molecular flexibility index (Phi) is 3.48. The molecule has 2 aromatic rings. The zero-order valence-electron chi connectivity index (χ0n) is 9.25. The van der Waals surface area contributed by atoms with Crippen molar-refractivity contribution in [2.75, 3.05) is 5.32 Å². The number of nitrogens with zero attached hydrogens (tertiary/aromatic N) is 1. The standard InChI is InChI=1S/C12H13IN2O/c1-8-9(2)16-12(15-8)7-14-11-6-4-3-5-10(11)13/h3-6,14H,7H2,1-2H3. The van der Waals surface area contributed by atoms with Crippen LogP contribution in [0.3, 0.4) is 0 Å². The fourth-order valence-corrected chi connectivity index (χ4v) is 1.97. The fraction of sp³-hybridized carbons (Fsp3) is 0.250. The van der Waals surface area contributed by atoms with Gasteiger partial charge in [0.25, 0.3) is 0 Å². The molecule has 0 bridgehead atoms. The summed E-state index contributed by atoms with van der Waals surface area (Å²) in [5, 5.41) is 3.31. The molecule has 0 fully saturated rings. The van der Waals surface area contributed by atoms with Crippen molar-refractivity contribution in [1.82, 2.24) is 4.98 Å². The molecule has 0 aliphatic rings. The van der Waals surface area contributed by atoms with Gasteiger partial charge >= 0.3 is 0 Å². The molecule has 84 valence electrons. The van der Waals surface area contributed by atoms with Crippen LogP contribution in [0.25, 0.3) is 0 Å². The van der Waals surface area contributed by atoms with E-state index in [0.29, 0.717) is 6.54 Å². The van der Waals surface area contributed by atoms with Gasteiger partial charge in [-0.1, -0.05) is 12.1 Å². The molecular formula is C12H13IN2O. The molecular weight excluding hydrogens is 315 g/mol. The highest BCUT2D eigenvalue weighted by molar-refractivity contribution is 14.1. The van der Waals surface area contributed by atoms with E-state index in [1.807, 2.05) is 32.0 Å². The molecule has 16 heavy (non-hydrogen) atoms. The van der Waals surface area contributed by atoms with E-state index in [4.69, 9.17) is 4.42 Å². The number of para-hydroxylation sites is 1. The topological polar surface area (TPSA) is 38.1 Å². The van der Waals surface area contributed by atoms with Gasteiger partial charge < -0.3 is 9.73 Å². The predicted molar refractivity (Wildman–Crippen MR) is 72.5 cm³/mol. The summed E-state index contributed by atoms with van der Waals surface area (Å²) in [6.45, 7) is 4.50. The summed E-state index contributed by atoms with van der Waals surface area (Å²) in [7, 11) is 0. The Bertz CT molecular complexity index is 474. The van der Waals surface area contributed by atoms with Gasteiger partial charge in [0, 0.05) is 9.26 Å². The molecule has 0 atom stereocenters. The van der Waals surface area contributed by atoms with Crippen molar-refractivity contribution in [2.24, 2.45) is 0 Å². The lowest BCUT2D eigenvalue weighted by atomic mass is 10.3. The SMILES string of the molecule is Cc1nc(CNc2ccccc2I)oc1C. The van der Waals surface area contributed by atoms with Gasteiger partial charge in [-0.25, -0.2) is 4.98 Å². The first-order chi connectivity index (χ1) is 7.66. The van der Waals surface area contributed by atoms with Gasteiger partial charge in [0.05, 0.1) is 12.2 Å². The van der Waals surface area contributed by atoms with E-state index in [1.54, 1.807) is 0 Å². The van der Waals surface area contributed by atoms with Crippen molar-refractivity contribution in [3.63, 3.8) is 0 Å². The molecule has 2 rings (SSSR count). The summed E-state index contributed by atoms with van der Waals surface area (Å²) in [4.78, 5) is 4.32. The second kappa shape index (κ2) is 4.86. The van der Waals surface area contributed by atoms with Gasteiger partial charge in [0.1, 0.15) is 5.76 Å². The molecule has 4 heteroatoms. The minimum absolute atomic E-state index is 0.620.